The minimum Gasteiger partial charge on any atom is -0.361 e. The molecule has 24 heavy (non-hydrogen) atoms. The largest absolute Gasteiger partial charge is 0.361 e. The molecular weight excluding hydrogens is 296 g/mol. The first kappa shape index (κ1) is 15.2. The SMILES string of the molecule is CN(C)Cc1c[nH]c2ccc3c(ccc4[nH]cc(CN(C)C)c43)c12. The Morgan fingerprint density at radius 3 is 1.46 bits per heavy atom. The molecule has 0 atom stereocenters. The maximum absolute atomic E-state index is 3.43. The number of fused-ring (bicyclic) bond motifs is 5. The molecule has 0 spiro atoms. The van der Waals surface area contributed by atoms with Crippen molar-refractivity contribution in [3.63, 3.8) is 0 Å². The summed E-state index contributed by atoms with van der Waals surface area (Å²) < 4.78 is 0. The van der Waals surface area contributed by atoms with Crippen LogP contribution in [0, 0.1) is 0 Å². The average molecular weight is 320 g/mol. The minimum atomic E-state index is 0.939. The van der Waals surface area contributed by atoms with Gasteiger partial charge < -0.3 is 19.8 Å². The van der Waals surface area contributed by atoms with Crippen LogP contribution in [0.5, 0.6) is 0 Å². The molecule has 0 saturated heterocycles. The Labute approximate surface area is 142 Å². The Kier molecular flexibility index (Phi) is 3.59. The van der Waals surface area contributed by atoms with E-state index in [4.69, 9.17) is 0 Å². The van der Waals surface area contributed by atoms with Crippen LogP contribution in [0.15, 0.2) is 36.7 Å². The van der Waals surface area contributed by atoms with Gasteiger partial charge in [-0.2, -0.15) is 0 Å². The lowest BCUT2D eigenvalue weighted by Gasteiger charge is -2.11. The normalized spacial score (nSPS) is 12.4. The zero-order valence-electron chi connectivity index (χ0n) is 14.8. The lowest BCUT2D eigenvalue weighted by Crippen LogP contribution is -2.10. The number of hydrogen-bond donors (Lipinski definition) is 2. The van der Waals surface area contributed by atoms with E-state index in [1.54, 1.807) is 0 Å². The van der Waals surface area contributed by atoms with Crippen molar-refractivity contribution < 1.29 is 0 Å². The van der Waals surface area contributed by atoms with Gasteiger partial charge in [-0.25, -0.2) is 0 Å². The fraction of sp³-hybridized carbons (Fsp3) is 0.300. The summed E-state index contributed by atoms with van der Waals surface area (Å²) in [6.07, 6.45) is 4.29. The molecule has 0 aliphatic rings. The standard InChI is InChI=1S/C20H24N4/c1-23(2)11-13-9-21-17-7-6-16-15(19(13)17)5-8-18-20(16)14(10-22-18)12-24(3)4/h5-10,21-22H,11-12H2,1-4H3. The number of nitrogens with zero attached hydrogens (tertiary/aromatic N) is 2. The van der Waals surface area contributed by atoms with Crippen LogP contribution in [0.25, 0.3) is 32.6 Å². The predicted octanol–water partition coefficient (Wildman–Crippen LogP) is 3.93. The van der Waals surface area contributed by atoms with Gasteiger partial charge in [-0.15, -0.1) is 0 Å². The van der Waals surface area contributed by atoms with Crippen LogP contribution < -0.4 is 0 Å². The van der Waals surface area contributed by atoms with Crippen LogP contribution in [0.3, 0.4) is 0 Å². The highest BCUT2D eigenvalue weighted by Crippen LogP contribution is 2.34. The number of nitrogens with one attached hydrogen (secondary N) is 2. The van der Waals surface area contributed by atoms with Crippen molar-refractivity contribution in [3.05, 3.63) is 47.8 Å². The molecule has 4 aromatic rings. The third-order valence-corrected chi connectivity index (χ3v) is 4.62. The first-order valence-corrected chi connectivity index (χ1v) is 8.35. The molecule has 2 aromatic carbocycles. The molecule has 124 valence electrons. The number of H-pyrrole nitrogens is 2. The van der Waals surface area contributed by atoms with Crippen molar-refractivity contribution >= 4 is 32.6 Å². The summed E-state index contributed by atoms with van der Waals surface area (Å²) in [5, 5.41) is 5.36. The summed E-state index contributed by atoms with van der Waals surface area (Å²) in [4.78, 5) is 11.3. The van der Waals surface area contributed by atoms with E-state index in [0.29, 0.717) is 0 Å². The molecular formula is C20H24N4. The van der Waals surface area contributed by atoms with E-state index in [2.05, 4.69) is 84.6 Å². The summed E-state index contributed by atoms with van der Waals surface area (Å²) in [6.45, 7) is 1.88. The molecule has 2 N–H and O–H groups in total. The van der Waals surface area contributed by atoms with Crippen molar-refractivity contribution in [3.8, 4) is 0 Å². The Hall–Kier alpha value is -2.30. The summed E-state index contributed by atoms with van der Waals surface area (Å²) in [5.74, 6) is 0. The lowest BCUT2D eigenvalue weighted by molar-refractivity contribution is 0.404. The highest BCUT2D eigenvalue weighted by molar-refractivity contribution is 6.18. The van der Waals surface area contributed by atoms with Gasteiger partial charge in [0.05, 0.1) is 0 Å². The van der Waals surface area contributed by atoms with Gasteiger partial charge in [0.2, 0.25) is 0 Å². The van der Waals surface area contributed by atoms with Crippen LogP contribution in [-0.4, -0.2) is 48.0 Å². The average Bonchev–Trinajstić information content (AvgIpc) is 3.11. The van der Waals surface area contributed by atoms with Crippen molar-refractivity contribution in [2.75, 3.05) is 28.2 Å². The van der Waals surface area contributed by atoms with Crippen LogP contribution in [0.4, 0.5) is 0 Å². The quantitative estimate of drug-likeness (QED) is 0.598. The second-order valence-corrected chi connectivity index (χ2v) is 7.17. The first-order valence-electron chi connectivity index (χ1n) is 8.35. The van der Waals surface area contributed by atoms with E-state index in [0.717, 1.165) is 13.1 Å². The second-order valence-electron chi connectivity index (χ2n) is 7.17. The third kappa shape index (κ3) is 2.39. The Morgan fingerprint density at radius 1 is 0.667 bits per heavy atom. The van der Waals surface area contributed by atoms with Gasteiger partial charge in [0, 0.05) is 47.3 Å². The highest BCUT2D eigenvalue weighted by atomic mass is 15.1. The molecule has 4 nitrogen and oxygen atoms in total. The number of aromatic nitrogens is 2. The number of benzene rings is 2. The molecule has 0 saturated carbocycles. The molecule has 4 heteroatoms. The van der Waals surface area contributed by atoms with Crippen molar-refractivity contribution in [2.24, 2.45) is 0 Å². The Balaban J connectivity index is 2.04. The van der Waals surface area contributed by atoms with Crippen LogP contribution >= 0.6 is 0 Å². The smallest absolute Gasteiger partial charge is 0.0463 e. The molecule has 0 fully saturated rings. The molecule has 0 aliphatic heterocycles. The molecule has 0 aliphatic carbocycles. The molecule has 4 rings (SSSR count). The van der Waals surface area contributed by atoms with Gasteiger partial charge in [0.25, 0.3) is 0 Å². The van der Waals surface area contributed by atoms with E-state index in [9.17, 15) is 0 Å². The van der Waals surface area contributed by atoms with E-state index >= 15 is 0 Å². The van der Waals surface area contributed by atoms with E-state index in [-0.39, 0.29) is 0 Å². The molecule has 0 amide bonds. The van der Waals surface area contributed by atoms with Gasteiger partial charge in [-0.05, 0) is 62.2 Å². The molecule has 2 aromatic heterocycles. The van der Waals surface area contributed by atoms with E-state index in [1.165, 1.54) is 43.7 Å². The predicted molar refractivity (Wildman–Crippen MR) is 102 cm³/mol. The molecule has 0 radical (unpaired) electrons. The summed E-state index contributed by atoms with van der Waals surface area (Å²) in [5.41, 5.74) is 5.13. The molecule has 2 heterocycles. The third-order valence-electron chi connectivity index (χ3n) is 4.62. The van der Waals surface area contributed by atoms with Crippen LogP contribution in [0.2, 0.25) is 0 Å². The van der Waals surface area contributed by atoms with Gasteiger partial charge >= 0.3 is 0 Å². The Bertz CT molecular complexity index is 937. The van der Waals surface area contributed by atoms with Gasteiger partial charge in [-0.3, -0.25) is 0 Å². The van der Waals surface area contributed by atoms with Crippen LogP contribution in [-0.2, 0) is 13.1 Å². The van der Waals surface area contributed by atoms with E-state index in [1.807, 2.05) is 0 Å². The summed E-state index contributed by atoms with van der Waals surface area (Å²) in [7, 11) is 8.46. The number of aromatic amines is 2. The first-order chi connectivity index (χ1) is 11.5. The zero-order chi connectivity index (χ0) is 16.8. The van der Waals surface area contributed by atoms with Gasteiger partial charge in [0.1, 0.15) is 0 Å². The van der Waals surface area contributed by atoms with Crippen molar-refractivity contribution in [2.45, 2.75) is 13.1 Å². The van der Waals surface area contributed by atoms with Gasteiger partial charge in [-0.1, -0.05) is 12.1 Å². The fourth-order valence-electron chi connectivity index (χ4n) is 3.74. The van der Waals surface area contributed by atoms with Crippen molar-refractivity contribution in [1.29, 1.82) is 0 Å². The Morgan fingerprint density at radius 2 is 1.08 bits per heavy atom. The minimum absolute atomic E-state index is 0.939. The lowest BCUT2D eigenvalue weighted by atomic mass is 9.99. The number of hydrogen-bond acceptors (Lipinski definition) is 2. The fourth-order valence-corrected chi connectivity index (χ4v) is 3.74. The molecule has 0 bridgehead atoms. The maximum Gasteiger partial charge on any atom is 0.0463 e. The zero-order valence-corrected chi connectivity index (χ0v) is 14.8. The summed E-state index contributed by atoms with van der Waals surface area (Å²) in [6, 6.07) is 8.93. The van der Waals surface area contributed by atoms with Crippen LogP contribution in [0.1, 0.15) is 11.1 Å². The van der Waals surface area contributed by atoms with Crippen molar-refractivity contribution in [1.82, 2.24) is 19.8 Å². The van der Waals surface area contributed by atoms with Gasteiger partial charge in [0.15, 0.2) is 0 Å². The monoisotopic (exact) mass is 320 g/mol. The maximum atomic E-state index is 3.43. The number of rotatable bonds is 4. The second kappa shape index (κ2) is 5.65. The topological polar surface area (TPSA) is 38.1 Å². The molecule has 0 unspecified atom stereocenters. The highest BCUT2D eigenvalue weighted by Gasteiger charge is 2.13. The van der Waals surface area contributed by atoms with E-state index < -0.39 is 0 Å². The summed E-state index contributed by atoms with van der Waals surface area (Å²) >= 11 is 0.